The quantitative estimate of drug-likeness (QED) is 0.0199. The summed E-state index contributed by atoms with van der Waals surface area (Å²) < 4.78 is 34.5. The van der Waals surface area contributed by atoms with Gasteiger partial charge >= 0.3 is 0 Å². The van der Waals surface area contributed by atoms with E-state index >= 15 is 0 Å². The van der Waals surface area contributed by atoms with Crippen LogP contribution in [0.15, 0.2) is 48.6 Å². The Hall–Kier alpha value is -2.25. The van der Waals surface area contributed by atoms with E-state index in [0.717, 1.165) is 57.8 Å². The average molecular weight is 1500 g/mol. The Balaban J connectivity index is 1.32. The lowest BCUT2D eigenvalue weighted by Crippen LogP contribution is -2.66. The molecule has 19 nitrogen and oxygen atoms in total. The molecule has 0 bridgehead atoms. The van der Waals surface area contributed by atoms with Crippen LogP contribution in [-0.4, -0.2) is 193 Å². The highest BCUT2D eigenvalue weighted by atomic mass is 16.8. The topological polar surface area (TPSA) is 307 Å². The number of unbranched alkanes of at least 4 members (excludes halogenated alkanes) is 48. The molecule has 3 saturated heterocycles. The minimum atomic E-state index is -1.98. The minimum absolute atomic E-state index is 0.247. The van der Waals surface area contributed by atoms with Gasteiger partial charge in [0.2, 0.25) is 5.91 Å². The van der Waals surface area contributed by atoms with Gasteiger partial charge in [0.25, 0.3) is 0 Å². The van der Waals surface area contributed by atoms with Crippen molar-refractivity contribution in [1.29, 1.82) is 0 Å². The van der Waals surface area contributed by atoms with E-state index in [0.29, 0.717) is 6.42 Å². The summed E-state index contributed by atoms with van der Waals surface area (Å²) in [4.78, 5) is 13.5. The standard InChI is InChI=1S/C86H159NO18/c1-3-5-7-9-11-13-15-17-19-21-23-25-27-28-29-30-31-32-33-34-35-36-37-38-39-40-42-44-46-48-50-52-54-56-58-60-62-64-74(92)87-69(70(91)63-61-59-57-55-53-51-49-47-45-43-41-26-24-22-20-18-16-14-12-10-8-6-4-2)68-100-84-80(98)77(95)82(72(66-89)102-84)105-86-81(99)78(96)83(73(67-90)103-86)104-85-79(97)76(94)75(93)71(65-88)101-85/h15,17,21,23,27-28,61,63,69-73,75-86,88-91,93-99H,3-14,16,18-20,22,24-26,29-60,62,64-68H2,1-2H3,(H,87,92)/b17-15-,23-21-,28-27-,63-61+. The summed E-state index contributed by atoms with van der Waals surface area (Å²) in [5.74, 6) is -0.269. The summed E-state index contributed by atoms with van der Waals surface area (Å²) in [6.45, 7) is 1.78. The molecule has 616 valence electrons. The number of aliphatic hydroxyl groups excluding tert-OH is 11. The molecule has 3 aliphatic rings. The number of carbonyl (C=O) groups excluding carboxylic acids is 1. The highest BCUT2D eigenvalue weighted by Gasteiger charge is 2.54. The zero-order valence-electron chi connectivity index (χ0n) is 66.2. The molecule has 3 rings (SSSR count). The van der Waals surface area contributed by atoms with Crippen LogP contribution in [0.4, 0.5) is 0 Å². The summed E-state index contributed by atoms with van der Waals surface area (Å²) in [6, 6.07) is -0.974. The molecule has 0 aromatic rings. The van der Waals surface area contributed by atoms with Crippen LogP contribution in [0.25, 0.3) is 0 Å². The summed E-state index contributed by atoms with van der Waals surface area (Å²) in [5.41, 5.74) is 0. The number of hydrogen-bond donors (Lipinski definition) is 12. The number of hydrogen-bond acceptors (Lipinski definition) is 18. The number of ether oxygens (including phenoxy) is 6. The average Bonchev–Trinajstić information content (AvgIpc) is 0.779. The molecule has 19 heteroatoms. The van der Waals surface area contributed by atoms with Crippen molar-refractivity contribution in [3.63, 3.8) is 0 Å². The third kappa shape index (κ3) is 45.8. The molecule has 0 aliphatic carbocycles. The Morgan fingerprint density at radius 2 is 0.629 bits per heavy atom. The smallest absolute Gasteiger partial charge is 0.220 e. The van der Waals surface area contributed by atoms with Crippen LogP contribution >= 0.6 is 0 Å². The van der Waals surface area contributed by atoms with Gasteiger partial charge in [-0.2, -0.15) is 0 Å². The largest absolute Gasteiger partial charge is 0.394 e. The second kappa shape index (κ2) is 66.4. The summed E-state index contributed by atoms with van der Waals surface area (Å²) in [6.07, 6.45) is 58.2. The molecular weight excluding hydrogens is 1330 g/mol. The number of nitrogens with one attached hydrogen (secondary N) is 1. The predicted octanol–water partition coefficient (Wildman–Crippen LogP) is 15.6. The second-order valence-corrected chi connectivity index (χ2v) is 31.0. The SMILES string of the molecule is CCCCCCC/C=C\C/C=C\C/C=C\CCCCCCCCCCCCCCCCCCCCCCCCC(=O)NC(COC1OC(CO)C(OC2OC(CO)C(OC3OC(CO)C(O)C(O)C3O)C(O)C2O)C(O)C1O)C(O)/C=C/CCCCCCCCCCCCCCCCCCCCCCC. The van der Waals surface area contributed by atoms with Crippen LogP contribution in [0.1, 0.15) is 361 Å². The maximum absolute atomic E-state index is 13.5. The highest BCUT2D eigenvalue weighted by molar-refractivity contribution is 5.76. The summed E-state index contributed by atoms with van der Waals surface area (Å²) in [5, 5.41) is 121. The van der Waals surface area contributed by atoms with Crippen molar-refractivity contribution in [1.82, 2.24) is 5.32 Å². The first-order valence-electron chi connectivity index (χ1n) is 43.4. The van der Waals surface area contributed by atoms with Crippen LogP contribution in [0.2, 0.25) is 0 Å². The van der Waals surface area contributed by atoms with Gasteiger partial charge in [0.05, 0.1) is 38.6 Å². The first-order chi connectivity index (χ1) is 51.3. The number of rotatable bonds is 70. The molecule has 1 amide bonds. The van der Waals surface area contributed by atoms with Gasteiger partial charge in [-0.25, -0.2) is 0 Å². The first-order valence-corrected chi connectivity index (χ1v) is 43.4. The molecule has 3 fully saturated rings. The molecule has 0 saturated carbocycles. The third-order valence-electron chi connectivity index (χ3n) is 21.6. The molecule has 3 heterocycles. The Morgan fingerprint density at radius 1 is 0.343 bits per heavy atom. The molecule has 0 radical (unpaired) electrons. The van der Waals surface area contributed by atoms with E-state index in [9.17, 15) is 61.0 Å². The van der Waals surface area contributed by atoms with Crippen LogP contribution in [0.3, 0.4) is 0 Å². The normalized spacial score (nSPS) is 26.0. The summed E-state index contributed by atoms with van der Waals surface area (Å²) in [7, 11) is 0. The highest BCUT2D eigenvalue weighted by Crippen LogP contribution is 2.33. The Bertz CT molecular complexity index is 2080. The predicted molar refractivity (Wildman–Crippen MR) is 420 cm³/mol. The fraction of sp³-hybridized carbons (Fsp3) is 0.895. The first kappa shape index (κ1) is 96.9. The molecule has 12 N–H and O–H groups in total. The van der Waals surface area contributed by atoms with E-state index in [-0.39, 0.29) is 18.9 Å². The summed E-state index contributed by atoms with van der Waals surface area (Å²) >= 11 is 0. The third-order valence-corrected chi connectivity index (χ3v) is 21.6. The van der Waals surface area contributed by atoms with Crippen LogP contribution in [0, 0.1) is 0 Å². The van der Waals surface area contributed by atoms with Gasteiger partial charge in [0, 0.05) is 6.42 Å². The van der Waals surface area contributed by atoms with Crippen LogP contribution < -0.4 is 5.32 Å². The van der Waals surface area contributed by atoms with Crippen molar-refractivity contribution < 1.29 is 89.4 Å². The molecule has 0 spiro atoms. The van der Waals surface area contributed by atoms with Crippen molar-refractivity contribution in [2.45, 2.75) is 465 Å². The van der Waals surface area contributed by atoms with Gasteiger partial charge in [-0.05, 0) is 57.8 Å². The lowest BCUT2D eigenvalue weighted by Gasteiger charge is -2.48. The second-order valence-electron chi connectivity index (χ2n) is 31.0. The van der Waals surface area contributed by atoms with Crippen molar-refractivity contribution in [2.24, 2.45) is 0 Å². The van der Waals surface area contributed by atoms with Crippen LogP contribution in [-0.2, 0) is 33.2 Å². The van der Waals surface area contributed by atoms with Gasteiger partial charge in [0.1, 0.15) is 73.2 Å². The van der Waals surface area contributed by atoms with Crippen molar-refractivity contribution >= 4 is 5.91 Å². The molecule has 105 heavy (non-hydrogen) atoms. The number of aliphatic hydroxyl groups is 11. The van der Waals surface area contributed by atoms with Crippen LogP contribution in [0.5, 0.6) is 0 Å². The number of allylic oxidation sites excluding steroid dienone is 7. The van der Waals surface area contributed by atoms with E-state index in [1.54, 1.807) is 6.08 Å². The minimum Gasteiger partial charge on any atom is -0.394 e. The van der Waals surface area contributed by atoms with Crippen molar-refractivity contribution in [2.75, 3.05) is 26.4 Å². The molecule has 0 aromatic carbocycles. The maximum Gasteiger partial charge on any atom is 0.220 e. The lowest BCUT2D eigenvalue weighted by atomic mass is 9.96. The Labute approximate surface area is 637 Å². The fourth-order valence-corrected chi connectivity index (χ4v) is 14.7. The Kier molecular flexibility index (Phi) is 61.3. The van der Waals surface area contributed by atoms with E-state index in [4.69, 9.17) is 28.4 Å². The van der Waals surface area contributed by atoms with E-state index in [2.05, 4.69) is 55.6 Å². The Morgan fingerprint density at radius 3 is 0.981 bits per heavy atom. The lowest BCUT2D eigenvalue weighted by molar-refractivity contribution is -0.379. The molecule has 17 atom stereocenters. The zero-order valence-corrected chi connectivity index (χ0v) is 66.2. The van der Waals surface area contributed by atoms with E-state index in [1.165, 1.54) is 276 Å². The van der Waals surface area contributed by atoms with Gasteiger partial charge in [0.15, 0.2) is 18.9 Å². The van der Waals surface area contributed by atoms with E-state index in [1.807, 2.05) is 6.08 Å². The molecule has 0 aromatic heterocycles. The number of carbonyl (C=O) groups is 1. The number of amides is 1. The van der Waals surface area contributed by atoms with Crippen molar-refractivity contribution in [3.05, 3.63) is 48.6 Å². The van der Waals surface area contributed by atoms with Gasteiger partial charge in [-0.1, -0.05) is 345 Å². The van der Waals surface area contributed by atoms with Gasteiger partial charge in [-0.15, -0.1) is 0 Å². The molecule has 3 aliphatic heterocycles. The molecular formula is C86H159NO18. The maximum atomic E-state index is 13.5. The monoisotopic (exact) mass is 1490 g/mol. The molecule has 17 unspecified atom stereocenters. The fourth-order valence-electron chi connectivity index (χ4n) is 14.7. The van der Waals surface area contributed by atoms with Gasteiger partial charge < -0.3 is 89.9 Å². The zero-order chi connectivity index (χ0) is 76.0. The van der Waals surface area contributed by atoms with Gasteiger partial charge in [-0.3, -0.25) is 4.79 Å². The van der Waals surface area contributed by atoms with Crippen molar-refractivity contribution in [3.8, 4) is 0 Å². The van der Waals surface area contributed by atoms with E-state index < -0.39 is 124 Å².